The first-order chi connectivity index (χ1) is 10.3. The summed E-state index contributed by atoms with van der Waals surface area (Å²) in [4.78, 5) is 14.0. The van der Waals surface area contributed by atoms with Gasteiger partial charge in [0, 0.05) is 13.1 Å². The number of morpholine rings is 1. The van der Waals surface area contributed by atoms with Crippen LogP contribution in [-0.2, 0) is 16.0 Å². The molecular weight excluding hydrogens is 352 g/mol. The summed E-state index contributed by atoms with van der Waals surface area (Å²) < 4.78 is 17.1. The minimum atomic E-state index is -0.492. The Labute approximate surface area is 139 Å². The molecule has 6 nitrogen and oxygen atoms in total. The van der Waals surface area contributed by atoms with Gasteiger partial charge in [0.25, 0.3) is 0 Å². The van der Waals surface area contributed by atoms with E-state index in [1.54, 1.807) is 4.90 Å². The van der Waals surface area contributed by atoms with Crippen molar-refractivity contribution >= 4 is 22.0 Å². The average molecular weight is 375 g/mol. The highest BCUT2D eigenvalue weighted by Gasteiger charge is 2.30. The minimum Gasteiger partial charge on any atom is -0.453 e. The third-order valence-electron chi connectivity index (χ3n) is 3.16. The predicted molar refractivity (Wildman–Crippen MR) is 85.7 cm³/mol. The maximum absolute atomic E-state index is 12.3. The van der Waals surface area contributed by atoms with Crippen LogP contribution in [0.4, 0.5) is 4.79 Å². The first-order valence-corrected chi connectivity index (χ1v) is 8.17. The van der Waals surface area contributed by atoms with Crippen LogP contribution in [-0.4, -0.2) is 48.9 Å². The highest BCUT2D eigenvalue weighted by molar-refractivity contribution is 9.10. The Morgan fingerprint density at radius 3 is 2.91 bits per heavy atom. The number of rotatable bonds is 4. The molecule has 1 aliphatic heterocycles. The quantitative estimate of drug-likeness (QED) is 0.877. The number of hydrogen-bond donors (Lipinski definition) is 1. The zero-order valence-electron chi connectivity index (χ0n) is 13.2. The molecule has 124 valence electrons. The smallest absolute Gasteiger partial charge is 0.410 e. The van der Waals surface area contributed by atoms with Gasteiger partial charge in [0.05, 0.1) is 25.8 Å². The van der Waals surface area contributed by atoms with E-state index < -0.39 is 5.60 Å². The third kappa shape index (κ3) is 5.30. The Hall–Kier alpha value is -1.05. The number of amides is 1. The van der Waals surface area contributed by atoms with Gasteiger partial charge in [-0.25, -0.2) is 4.79 Å². The summed E-state index contributed by atoms with van der Waals surface area (Å²) in [6.07, 6.45) is -0.289. The van der Waals surface area contributed by atoms with E-state index in [0.29, 0.717) is 37.5 Å². The molecule has 1 aromatic rings. The maximum Gasteiger partial charge on any atom is 0.410 e. The molecule has 1 atom stereocenters. The van der Waals surface area contributed by atoms with Crippen molar-refractivity contribution in [2.45, 2.75) is 39.0 Å². The Morgan fingerprint density at radius 2 is 2.27 bits per heavy atom. The summed E-state index contributed by atoms with van der Waals surface area (Å²) in [6.45, 7) is 8.43. The summed E-state index contributed by atoms with van der Waals surface area (Å²) in [5.41, 5.74) is -0.492. The van der Waals surface area contributed by atoms with Gasteiger partial charge in [-0.1, -0.05) is 0 Å². The molecule has 1 N–H and O–H groups in total. The fourth-order valence-corrected chi connectivity index (χ4v) is 2.53. The molecule has 1 fully saturated rings. The van der Waals surface area contributed by atoms with Gasteiger partial charge in [-0.2, -0.15) is 0 Å². The fraction of sp³-hybridized carbons (Fsp3) is 0.667. The number of ether oxygens (including phenoxy) is 2. The van der Waals surface area contributed by atoms with Crippen LogP contribution in [0.3, 0.4) is 0 Å². The molecule has 0 radical (unpaired) electrons. The largest absolute Gasteiger partial charge is 0.453 e. The van der Waals surface area contributed by atoms with Gasteiger partial charge in [-0.05, 0) is 48.8 Å². The van der Waals surface area contributed by atoms with E-state index >= 15 is 0 Å². The Balaban J connectivity index is 1.85. The molecule has 0 aromatic carbocycles. The van der Waals surface area contributed by atoms with Crippen LogP contribution in [0.5, 0.6) is 0 Å². The average Bonchev–Trinajstić information content (AvgIpc) is 2.83. The number of hydrogen-bond acceptors (Lipinski definition) is 5. The zero-order valence-corrected chi connectivity index (χ0v) is 14.8. The van der Waals surface area contributed by atoms with E-state index in [4.69, 9.17) is 13.9 Å². The molecule has 1 saturated heterocycles. The number of carbonyl (C=O) groups is 1. The Morgan fingerprint density at radius 1 is 1.50 bits per heavy atom. The number of carbonyl (C=O) groups excluding carboxylic acids is 1. The molecule has 1 aromatic heterocycles. The SMILES string of the molecule is CC(C)(C)OC(=O)N1CCOCC1CNCc1ccc(Br)o1. The van der Waals surface area contributed by atoms with Crippen LogP contribution in [0.1, 0.15) is 26.5 Å². The normalized spacial score (nSPS) is 19.3. The van der Waals surface area contributed by atoms with E-state index in [1.807, 2.05) is 32.9 Å². The summed E-state index contributed by atoms with van der Waals surface area (Å²) in [6, 6.07) is 3.72. The van der Waals surface area contributed by atoms with Crippen molar-refractivity contribution in [2.75, 3.05) is 26.3 Å². The second-order valence-corrected chi connectivity index (χ2v) is 7.02. The molecule has 2 rings (SSSR count). The van der Waals surface area contributed by atoms with E-state index in [2.05, 4.69) is 21.2 Å². The van der Waals surface area contributed by atoms with Crippen LogP contribution in [0.25, 0.3) is 0 Å². The molecule has 7 heteroatoms. The van der Waals surface area contributed by atoms with Crippen molar-refractivity contribution in [3.8, 4) is 0 Å². The summed E-state index contributed by atoms with van der Waals surface area (Å²) in [5.74, 6) is 0.840. The lowest BCUT2D eigenvalue weighted by Gasteiger charge is -2.36. The standard InChI is InChI=1S/C15H23BrN2O4/c1-15(2,3)22-14(19)18-6-7-20-10-11(18)8-17-9-12-4-5-13(16)21-12/h4-5,11,17H,6-10H2,1-3H3. The van der Waals surface area contributed by atoms with Gasteiger partial charge in [0.15, 0.2) is 4.67 Å². The van der Waals surface area contributed by atoms with Crippen LogP contribution >= 0.6 is 15.9 Å². The van der Waals surface area contributed by atoms with E-state index in [-0.39, 0.29) is 12.1 Å². The second kappa shape index (κ2) is 7.48. The van der Waals surface area contributed by atoms with Crippen LogP contribution in [0.15, 0.2) is 21.2 Å². The van der Waals surface area contributed by atoms with Crippen LogP contribution < -0.4 is 5.32 Å². The lowest BCUT2D eigenvalue weighted by atomic mass is 10.2. The Bertz CT molecular complexity index is 498. The Kier molecular flexibility index (Phi) is 5.88. The van der Waals surface area contributed by atoms with Gasteiger partial charge < -0.3 is 19.2 Å². The monoisotopic (exact) mass is 374 g/mol. The molecule has 0 aliphatic carbocycles. The molecule has 0 bridgehead atoms. The van der Waals surface area contributed by atoms with Crippen molar-refractivity contribution in [2.24, 2.45) is 0 Å². The zero-order chi connectivity index (χ0) is 16.2. The van der Waals surface area contributed by atoms with E-state index in [1.165, 1.54) is 0 Å². The topological polar surface area (TPSA) is 63.9 Å². The minimum absolute atomic E-state index is 0.0398. The van der Waals surface area contributed by atoms with Crippen LogP contribution in [0, 0.1) is 0 Å². The van der Waals surface area contributed by atoms with Gasteiger partial charge in [0.1, 0.15) is 11.4 Å². The summed E-state index contributed by atoms with van der Waals surface area (Å²) in [7, 11) is 0. The molecule has 2 heterocycles. The molecule has 1 amide bonds. The first kappa shape index (κ1) is 17.3. The maximum atomic E-state index is 12.3. The second-order valence-electron chi connectivity index (χ2n) is 6.24. The lowest BCUT2D eigenvalue weighted by Crippen LogP contribution is -2.53. The first-order valence-electron chi connectivity index (χ1n) is 7.37. The van der Waals surface area contributed by atoms with Gasteiger partial charge in [0.2, 0.25) is 0 Å². The van der Waals surface area contributed by atoms with Gasteiger partial charge >= 0.3 is 6.09 Å². The van der Waals surface area contributed by atoms with Crippen LogP contribution in [0.2, 0.25) is 0 Å². The molecule has 0 saturated carbocycles. The predicted octanol–water partition coefficient (Wildman–Crippen LogP) is 2.77. The number of nitrogens with zero attached hydrogens (tertiary/aromatic N) is 1. The third-order valence-corrected chi connectivity index (χ3v) is 3.59. The van der Waals surface area contributed by atoms with Gasteiger partial charge in [-0.15, -0.1) is 0 Å². The molecule has 0 spiro atoms. The molecule has 1 unspecified atom stereocenters. The number of nitrogens with one attached hydrogen (secondary N) is 1. The van der Waals surface area contributed by atoms with Crippen molar-refractivity contribution in [1.29, 1.82) is 0 Å². The van der Waals surface area contributed by atoms with Crippen molar-refractivity contribution in [3.63, 3.8) is 0 Å². The van der Waals surface area contributed by atoms with E-state index in [9.17, 15) is 4.79 Å². The number of furan rings is 1. The van der Waals surface area contributed by atoms with Gasteiger partial charge in [-0.3, -0.25) is 4.90 Å². The molecular formula is C15H23BrN2O4. The summed E-state index contributed by atoms with van der Waals surface area (Å²) >= 11 is 3.27. The molecule has 22 heavy (non-hydrogen) atoms. The van der Waals surface area contributed by atoms with Crippen molar-refractivity contribution in [3.05, 3.63) is 22.6 Å². The van der Waals surface area contributed by atoms with E-state index in [0.717, 1.165) is 5.76 Å². The lowest BCUT2D eigenvalue weighted by molar-refractivity contribution is -0.0318. The van der Waals surface area contributed by atoms with Crippen molar-refractivity contribution < 1.29 is 18.7 Å². The summed E-state index contributed by atoms with van der Waals surface area (Å²) in [5, 5.41) is 3.29. The molecule has 1 aliphatic rings. The highest BCUT2D eigenvalue weighted by Crippen LogP contribution is 2.15. The highest BCUT2D eigenvalue weighted by atomic mass is 79.9. The van der Waals surface area contributed by atoms with Crippen molar-refractivity contribution in [1.82, 2.24) is 10.2 Å². The number of halogens is 1. The fourth-order valence-electron chi connectivity index (χ4n) is 2.19.